The van der Waals surface area contributed by atoms with Gasteiger partial charge < -0.3 is 4.74 Å². The molecule has 3 heterocycles. The highest BCUT2D eigenvalue weighted by Gasteiger charge is 2.16. The van der Waals surface area contributed by atoms with E-state index in [1.54, 1.807) is 0 Å². The Kier molecular flexibility index (Phi) is 7.64. The number of aromatic nitrogens is 4. The molecule has 45 heavy (non-hydrogen) atoms. The Labute approximate surface area is 262 Å². The minimum Gasteiger partial charge on any atom is -0.457 e. The average molecular weight is 595 g/mol. The van der Waals surface area contributed by atoms with Crippen LogP contribution in [-0.2, 0) is 12.8 Å². The second kappa shape index (κ2) is 12.0. The van der Waals surface area contributed by atoms with Crippen LogP contribution < -0.4 is 4.74 Å². The topological polar surface area (TPSA) is 44.9 Å². The van der Waals surface area contributed by atoms with Gasteiger partial charge >= 0.3 is 0 Å². The predicted molar refractivity (Wildman–Crippen MR) is 180 cm³/mol. The Morgan fingerprint density at radius 3 is 2.29 bits per heavy atom. The number of fused-ring (bicyclic) bond motifs is 3. The Morgan fingerprint density at radius 2 is 1.51 bits per heavy atom. The predicted octanol–water partition coefficient (Wildman–Crippen LogP) is 10.2. The highest BCUT2D eigenvalue weighted by atomic mass is 19.1. The molecule has 0 saturated heterocycles. The summed E-state index contributed by atoms with van der Waals surface area (Å²) in [5.41, 5.74) is 9.31. The molecule has 0 amide bonds. The van der Waals surface area contributed by atoms with E-state index in [4.69, 9.17) is 9.84 Å². The number of para-hydroxylation sites is 1. The zero-order valence-corrected chi connectivity index (χ0v) is 25.8. The maximum atomic E-state index is 14.2. The number of nitrogens with zero attached hydrogens (tertiary/aromatic N) is 4. The molecule has 224 valence electrons. The third kappa shape index (κ3) is 5.48. The molecular weight excluding hydrogens is 559 g/mol. The number of rotatable bonds is 9. The van der Waals surface area contributed by atoms with Crippen molar-refractivity contribution in [3.63, 3.8) is 0 Å². The van der Waals surface area contributed by atoms with Crippen molar-refractivity contribution in [2.24, 2.45) is 0 Å². The summed E-state index contributed by atoms with van der Waals surface area (Å²) in [7, 11) is 0. The fourth-order valence-electron chi connectivity index (χ4n) is 6.44. The zero-order valence-electron chi connectivity index (χ0n) is 25.8. The summed E-state index contributed by atoms with van der Waals surface area (Å²) in [4.78, 5) is 4.47. The smallest absolute Gasteiger partial charge is 0.140 e. The van der Waals surface area contributed by atoms with Gasteiger partial charge in [-0.15, -0.1) is 0 Å². The highest BCUT2D eigenvalue weighted by Crippen LogP contribution is 2.36. The van der Waals surface area contributed by atoms with Crippen LogP contribution in [0.3, 0.4) is 0 Å². The number of hydrogen-bond acceptors (Lipinski definition) is 3. The number of hydrogen-bond donors (Lipinski definition) is 0. The molecule has 3 aromatic heterocycles. The Balaban J connectivity index is 1.24. The molecule has 0 aliphatic heterocycles. The molecule has 5 nitrogen and oxygen atoms in total. The molecule has 0 unspecified atom stereocenters. The van der Waals surface area contributed by atoms with Gasteiger partial charge in [0.1, 0.15) is 23.1 Å². The van der Waals surface area contributed by atoms with Crippen LogP contribution in [0, 0.1) is 12.7 Å². The first-order valence-corrected chi connectivity index (χ1v) is 15.6. The summed E-state index contributed by atoms with van der Waals surface area (Å²) in [6.45, 7) is 6.65. The van der Waals surface area contributed by atoms with Gasteiger partial charge in [-0.25, -0.2) is 14.1 Å². The maximum Gasteiger partial charge on any atom is 0.140 e. The van der Waals surface area contributed by atoms with Gasteiger partial charge in [-0.2, -0.15) is 5.10 Å². The molecule has 0 aliphatic carbocycles. The van der Waals surface area contributed by atoms with Crippen LogP contribution in [0.25, 0.3) is 44.4 Å². The Bertz CT molecular complexity index is 2130. The van der Waals surface area contributed by atoms with Crippen molar-refractivity contribution in [3.05, 3.63) is 132 Å². The molecule has 7 aromatic rings. The second-order valence-corrected chi connectivity index (χ2v) is 11.6. The van der Waals surface area contributed by atoms with Crippen LogP contribution in [0.1, 0.15) is 43.4 Å². The van der Waals surface area contributed by atoms with E-state index in [2.05, 4.69) is 56.2 Å². The number of halogens is 1. The van der Waals surface area contributed by atoms with Crippen molar-refractivity contribution in [3.8, 4) is 34.1 Å². The Hall–Kier alpha value is -5.23. The monoisotopic (exact) mass is 594 g/mol. The zero-order chi connectivity index (χ0) is 30.9. The van der Waals surface area contributed by atoms with Crippen LogP contribution in [0.15, 0.2) is 110 Å². The summed E-state index contributed by atoms with van der Waals surface area (Å²) >= 11 is 0. The SMILES string of the molecule is CCCc1cc(C)cc(CCC)c1-c1cnn(-c2cccc(Oc3ccc4c5ccccc5n(-c5cc(F)ccn5)c4c3)c2)c1. The minimum atomic E-state index is -0.331. The average Bonchev–Trinajstić information content (AvgIpc) is 3.64. The molecule has 4 aromatic carbocycles. The summed E-state index contributed by atoms with van der Waals surface area (Å²) in [5.74, 6) is 1.56. The van der Waals surface area contributed by atoms with Gasteiger partial charge in [0.05, 0.1) is 22.9 Å². The fourth-order valence-corrected chi connectivity index (χ4v) is 6.44. The van der Waals surface area contributed by atoms with E-state index in [-0.39, 0.29) is 5.82 Å². The van der Waals surface area contributed by atoms with Gasteiger partial charge in [-0.3, -0.25) is 4.57 Å². The maximum absolute atomic E-state index is 14.2. The first-order chi connectivity index (χ1) is 22.0. The molecule has 0 bridgehead atoms. The van der Waals surface area contributed by atoms with E-state index >= 15 is 0 Å². The van der Waals surface area contributed by atoms with E-state index < -0.39 is 0 Å². The largest absolute Gasteiger partial charge is 0.457 e. The molecule has 0 saturated carbocycles. The normalized spacial score (nSPS) is 11.5. The lowest BCUT2D eigenvalue weighted by Crippen LogP contribution is -1.98. The molecular formula is C39H35FN4O. The number of ether oxygens (including phenoxy) is 1. The second-order valence-electron chi connectivity index (χ2n) is 11.6. The highest BCUT2D eigenvalue weighted by molar-refractivity contribution is 6.09. The summed E-state index contributed by atoms with van der Waals surface area (Å²) in [5, 5.41) is 6.89. The molecule has 0 spiro atoms. The van der Waals surface area contributed by atoms with E-state index in [1.165, 1.54) is 40.6 Å². The molecule has 0 N–H and O–H groups in total. The van der Waals surface area contributed by atoms with Crippen LogP contribution in [0.5, 0.6) is 11.5 Å². The third-order valence-electron chi connectivity index (χ3n) is 8.26. The third-order valence-corrected chi connectivity index (χ3v) is 8.26. The number of benzene rings is 4. The van der Waals surface area contributed by atoms with Crippen molar-refractivity contribution in [2.45, 2.75) is 46.5 Å². The molecule has 0 atom stereocenters. The van der Waals surface area contributed by atoms with E-state index in [0.29, 0.717) is 17.3 Å². The van der Waals surface area contributed by atoms with Crippen LogP contribution in [-0.4, -0.2) is 19.3 Å². The lowest BCUT2D eigenvalue weighted by Gasteiger charge is -2.15. The molecule has 0 aliphatic rings. The number of pyridine rings is 1. The first kappa shape index (κ1) is 28.5. The number of aryl methyl sites for hydroxylation is 3. The van der Waals surface area contributed by atoms with Crippen LogP contribution >= 0.6 is 0 Å². The first-order valence-electron chi connectivity index (χ1n) is 15.6. The van der Waals surface area contributed by atoms with Crippen molar-refractivity contribution in [1.82, 2.24) is 19.3 Å². The quantitative estimate of drug-likeness (QED) is 0.167. The summed E-state index contributed by atoms with van der Waals surface area (Å²) in [6.07, 6.45) is 9.87. The van der Waals surface area contributed by atoms with Crippen molar-refractivity contribution in [1.29, 1.82) is 0 Å². The van der Waals surface area contributed by atoms with Gasteiger partial charge in [0.25, 0.3) is 0 Å². The summed E-state index contributed by atoms with van der Waals surface area (Å²) < 4.78 is 24.6. The molecule has 7 rings (SSSR count). The van der Waals surface area contributed by atoms with Crippen LogP contribution in [0.2, 0.25) is 0 Å². The fraction of sp³-hybridized carbons (Fsp3) is 0.179. The van der Waals surface area contributed by atoms with Crippen molar-refractivity contribution in [2.75, 3.05) is 0 Å². The van der Waals surface area contributed by atoms with Crippen LogP contribution in [0.4, 0.5) is 4.39 Å². The summed E-state index contributed by atoms with van der Waals surface area (Å²) in [6, 6.07) is 29.5. The standard InChI is InChI=1S/C39H35FN4O/c1-4-9-27-19-26(3)20-28(10-5-2)39(27)29-24-42-43(25-29)31-11-8-12-32(22-31)45-33-15-16-35-34-13-6-7-14-36(34)44(37(35)23-33)38-21-30(40)17-18-41-38/h6-8,11-25H,4-5,9-10H2,1-3H3. The van der Waals surface area contributed by atoms with Gasteiger partial charge in [-0.1, -0.05) is 68.7 Å². The lowest BCUT2D eigenvalue weighted by molar-refractivity contribution is 0.483. The van der Waals surface area contributed by atoms with Gasteiger partial charge in [0.15, 0.2) is 0 Å². The van der Waals surface area contributed by atoms with E-state index in [9.17, 15) is 4.39 Å². The molecule has 0 radical (unpaired) electrons. The molecule has 0 fully saturated rings. The van der Waals surface area contributed by atoms with Gasteiger partial charge in [0.2, 0.25) is 0 Å². The van der Waals surface area contributed by atoms with Crippen molar-refractivity contribution < 1.29 is 9.13 Å². The minimum absolute atomic E-state index is 0.331. The lowest BCUT2D eigenvalue weighted by atomic mass is 9.90. The van der Waals surface area contributed by atoms with Gasteiger partial charge in [-0.05, 0) is 72.9 Å². The molecule has 6 heteroatoms. The van der Waals surface area contributed by atoms with E-state index in [1.807, 2.05) is 70.0 Å². The Morgan fingerprint density at radius 1 is 0.756 bits per heavy atom. The van der Waals surface area contributed by atoms with Crippen molar-refractivity contribution >= 4 is 21.8 Å². The van der Waals surface area contributed by atoms with E-state index in [0.717, 1.165) is 58.7 Å². The van der Waals surface area contributed by atoms with Gasteiger partial charge in [0, 0.05) is 46.9 Å².